The Balaban J connectivity index is 1.67. The normalized spacial score (nSPS) is 24.7. The molecule has 0 aromatic heterocycles. The number of carbonyl (C=O) groups is 3. The Labute approximate surface area is 129 Å². The standard InChI is InChI=1S/C17H20N2O3/c1-17(12-5-3-2-4-6-12)11-15(21)19(16(17)22)10-9-14(20)18-13-7-8-13/h2-6,13H,7-11H2,1H3,(H,18,20)/t17-/m0/s1. The Morgan fingerprint density at radius 2 is 1.95 bits per heavy atom. The van der Waals surface area contributed by atoms with Gasteiger partial charge in [-0.3, -0.25) is 19.3 Å². The van der Waals surface area contributed by atoms with Crippen LogP contribution in [0.3, 0.4) is 0 Å². The fourth-order valence-electron chi connectivity index (χ4n) is 2.88. The zero-order chi connectivity index (χ0) is 15.7. The van der Waals surface area contributed by atoms with E-state index in [0.29, 0.717) is 6.04 Å². The lowest BCUT2D eigenvalue weighted by molar-refractivity contribution is -0.140. The summed E-state index contributed by atoms with van der Waals surface area (Å²) in [6, 6.07) is 9.65. The topological polar surface area (TPSA) is 66.5 Å². The second kappa shape index (κ2) is 5.55. The Kier molecular flexibility index (Phi) is 3.72. The summed E-state index contributed by atoms with van der Waals surface area (Å²) in [5.41, 5.74) is 0.0315. The van der Waals surface area contributed by atoms with Gasteiger partial charge in [-0.05, 0) is 25.3 Å². The molecule has 2 fully saturated rings. The molecule has 1 atom stereocenters. The van der Waals surface area contributed by atoms with Crippen molar-refractivity contribution < 1.29 is 14.4 Å². The highest BCUT2D eigenvalue weighted by atomic mass is 16.2. The van der Waals surface area contributed by atoms with Gasteiger partial charge in [0.15, 0.2) is 0 Å². The summed E-state index contributed by atoms with van der Waals surface area (Å²) in [6.07, 6.45) is 2.40. The lowest BCUT2D eigenvalue weighted by atomic mass is 9.81. The highest BCUT2D eigenvalue weighted by Gasteiger charge is 2.49. The molecule has 3 amide bonds. The molecule has 1 N–H and O–H groups in total. The van der Waals surface area contributed by atoms with E-state index in [-0.39, 0.29) is 37.1 Å². The van der Waals surface area contributed by atoms with Crippen LogP contribution in [-0.2, 0) is 19.8 Å². The van der Waals surface area contributed by atoms with Gasteiger partial charge in [-0.25, -0.2) is 0 Å². The van der Waals surface area contributed by atoms with Crippen LogP contribution in [0.5, 0.6) is 0 Å². The van der Waals surface area contributed by atoms with Gasteiger partial charge in [0.2, 0.25) is 17.7 Å². The first-order valence-electron chi connectivity index (χ1n) is 7.70. The number of benzene rings is 1. The summed E-state index contributed by atoms with van der Waals surface area (Å²) in [4.78, 5) is 37.8. The van der Waals surface area contributed by atoms with Gasteiger partial charge in [0, 0.05) is 25.4 Å². The maximum Gasteiger partial charge on any atom is 0.240 e. The molecule has 5 heteroatoms. The molecule has 0 bridgehead atoms. The third kappa shape index (κ3) is 2.75. The van der Waals surface area contributed by atoms with Gasteiger partial charge < -0.3 is 5.32 Å². The summed E-state index contributed by atoms with van der Waals surface area (Å²) in [7, 11) is 0. The number of imide groups is 1. The molecule has 1 saturated heterocycles. The molecule has 116 valence electrons. The van der Waals surface area contributed by atoms with E-state index < -0.39 is 5.41 Å². The van der Waals surface area contributed by atoms with Crippen LogP contribution in [0.4, 0.5) is 0 Å². The van der Waals surface area contributed by atoms with Crippen molar-refractivity contribution in [1.29, 1.82) is 0 Å². The second-order valence-corrected chi connectivity index (χ2v) is 6.32. The molecular weight excluding hydrogens is 280 g/mol. The molecule has 0 radical (unpaired) electrons. The predicted molar refractivity (Wildman–Crippen MR) is 80.9 cm³/mol. The van der Waals surface area contributed by atoms with Crippen LogP contribution < -0.4 is 5.32 Å². The number of amides is 3. The number of likely N-dealkylation sites (tertiary alicyclic amines) is 1. The van der Waals surface area contributed by atoms with Crippen molar-refractivity contribution in [2.24, 2.45) is 0 Å². The Morgan fingerprint density at radius 1 is 1.27 bits per heavy atom. The van der Waals surface area contributed by atoms with Crippen LogP contribution in [0.1, 0.15) is 38.2 Å². The average Bonchev–Trinajstić information content (AvgIpc) is 3.28. The lowest BCUT2D eigenvalue weighted by Crippen LogP contribution is -2.39. The van der Waals surface area contributed by atoms with E-state index in [2.05, 4.69) is 5.32 Å². The minimum Gasteiger partial charge on any atom is -0.353 e. The van der Waals surface area contributed by atoms with Gasteiger partial charge >= 0.3 is 0 Å². The second-order valence-electron chi connectivity index (χ2n) is 6.32. The van der Waals surface area contributed by atoms with E-state index in [1.165, 1.54) is 4.90 Å². The number of hydrogen-bond acceptors (Lipinski definition) is 3. The van der Waals surface area contributed by atoms with E-state index in [4.69, 9.17) is 0 Å². The van der Waals surface area contributed by atoms with Crippen molar-refractivity contribution >= 4 is 17.7 Å². The molecule has 1 aromatic rings. The fraction of sp³-hybridized carbons (Fsp3) is 0.471. The van der Waals surface area contributed by atoms with Gasteiger partial charge in [0.25, 0.3) is 0 Å². The molecule has 1 aliphatic carbocycles. The van der Waals surface area contributed by atoms with Gasteiger partial charge in [-0.2, -0.15) is 0 Å². The number of nitrogens with one attached hydrogen (secondary N) is 1. The van der Waals surface area contributed by atoms with Gasteiger partial charge in [-0.1, -0.05) is 30.3 Å². The molecule has 3 rings (SSSR count). The van der Waals surface area contributed by atoms with Crippen LogP contribution in [0.25, 0.3) is 0 Å². The fourth-order valence-corrected chi connectivity index (χ4v) is 2.88. The number of nitrogens with zero attached hydrogens (tertiary/aromatic N) is 1. The predicted octanol–water partition coefficient (Wildman–Crippen LogP) is 1.37. The van der Waals surface area contributed by atoms with Gasteiger partial charge in [0.05, 0.1) is 5.41 Å². The molecule has 1 saturated carbocycles. The average molecular weight is 300 g/mol. The number of rotatable bonds is 5. The quantitative estimate of drug-likeness (QED) is 0.835. The van der Waals surface area contributed by atoms with Crippen molar-refractivity contribution in [3.63, 3.8) is 0 Å². The van der Waals surface area contributed by atoms with Crippen molar-refractivity contribution in [3.05, 3.63) is 35.9 Å². The minimum absolute atomic E-state index is 0.0867. The van der Waals surface area contributed by atoms with Crippen molar-refractivity contribution in [1.82, 2.24) is 10.2 Å². The first kappa shape index (κ1) is 14.8. The van der Waals surface area contributed by atoms with Crippen LogP contribution in [0, 0.1) is 0 Å². The van der Waals surface area contributed by atoms with Gasteiger partial charge in [-0.15, -0.1) is 0 Å². The summed E-state index contributed by atoms with van der Waals surface area (Å²) < 4.78 is 0. The third-order valence-electron chi connectivity index (χ3n) is 4.44. The Bertz CT molecular complexity index is 610. The molecule has 22 heavy (non-hydrogen) atoms. The molecule has 0 spiro atoms. The summed E-state index contributed by atoms with van der Waals surface area (Å²) in [5, 5.41) is 2.87. The van der Waals surface area contributed by atoms with Crippen LogP contribution in [0.15, 0.2) is 30.3 Å². The van der Waals surface area contributed by atoms with E-state index in [1.54, 1.807) is 6.92 Å². The monoisotopic (exact) mass is 300 g/mol. The van der Waals surface area contributed by atoms with Crippen LogP contribution in [-0.4, -0.2) is 35.2 Å². The van der Waals surface area contributed by atoms with Crippen molar-refractivity contribution in [2.45, 2.75) is 44.1 Å². The number of hydrogen-bond donors (Lipinski definition) is 1. The molecule has 1 aliphatic heterocycles. The van der Waals surface area contributed by atoms with E-state index in [9.17, 15) is 14.4 Å². The molecule has 1 aromatic carbocycles. The molecule has 5 nitrogen and oxygen atoms in total. The first-order valence-corrected chi connectivity index (χ1v) is 7.70. The molecule has 0 unspecified atom stereocenters. The zero-order valence-corrected chi connectivity index (χ0v) is 12.7. The lowest BCUT2D eigenvalue weighted by Gasteiger charge is -2.22. The highest BCUT2D eigenvalue weighted by Crippen LogP contribution is 2.36. The van der Waals surface area contributed by atoms with Crippen molar-refractivity contribution in [3.8, 4) is 0 Å². The first-order chi connectivity index (χ1) is 10.5. The van der Waals surface area contributed by atoms with E-state index >= 15 is 0 Å². The Morgan fingerprint density at radius 3 is 2.59 bits per heavy atom. The molecular formula is C17H20N2O3. The third-order valence-corrected chi connectivity index (χ3v) is 4.44. The maximum absolute atomic E-state index is 12.7. The van der Waals surface area contributed by atoms with Gasteiger partial charge in [0.1, 0.15) is 0 Å². The number of carbonyl (C=O) groups excluding carboxylic acids is 3. The summed E-state index contributed by atoms with van der Waals surface area (Å²) in [6.45, 7) is 1.96. The zero-order valence-electron chi connectivity index (χ0n) is 12.7. The maximum atomic E-state index is 12.7. The largest absolute Gasteiger partial charge is 0.353 e. The Hall–Kier alpha value is -2.17. The smallest absolute Gasteiger partial charge is 0.240 e. The highest BCUT2D eigenvalue weighted by molar-refractivity contribution is 6.09. The summed E-state index contributed by atoms with van der Waals surface area (Å²) >= 11 is 0. The summed E-state index contributed by atoms with van der Waals surface area (Å²) in [5.74, 6) is -0.491. The van der Waals surface area contributed by atoms with Crippen molar-refractivity contribution in [2.75, 3.05) is 6.54 Å². The molecule has 1 heterocycles. The minimum atomic E-state index is -0.814. The van der Waals surface area contributed by atoms with Crippen LogP contribution in [0.2, 0.25) is 0 Å². The van der Waals surface area contributed by atoms with E-state index in [1.807, 2.05) is 30.3 Å². The van der Waals surface area contributed by atoms with Crippen LogP contribution >= 0.6 is 0 Å². The molecule has 2 aliphatic rings. The SMILES string of the molecule is C[C@@]1(c2ccccc2)CC(=O)N(CCC(=O)NC2CC2)C1=O. The van der Waals surface area contributed by atoms with E-state index in [0.717, 1.165) is 18.4 Å².